The van der Waals surface area contributed by atoms with Crippen molar-refractivity contribution in [2.24, 2.45) is 0 Å². The first-order valence-electron chi connectivity index (χ1n) is 7.63. The largest absolute Gasteiger partial charge is 0.403 e. The maximum atomic E-state index is 12.3. The van der Waals surface area contributed by atoms with Crippen LogP contribution in [0.5, 0.6) is 0 Å². The zero-order valence-electron chi connectivity index (χ0n) is 13.6. The van der Waals surface area contributed by atoms with Crippen LogP contribution in [0, 0.1) is 0 Å². The van der Waals surface area contributed by atoms with Gasteiger partial charge in [0.05, 0.1) is 21.2 Å². The summed E-state index contributed by atoms with van der Waals surface area (Å²) in [5.74, 6) is -0.455. The van der Waals surface area contributed by atoms with Gasteiger partial charge in [-0.25, -0.2) is 8.42 Å². The average molecular weight is 392 g/mol. The van der Waals surface area contributed by atoms with Crippen LogP contribution in [0.1, 0.15) is 17.3 Å². The Balaban J connectivity index is 1.82. The monoisotopic (exact) mass is 391 g/mol. The molecule has 0 atom stereocenters. The maximum Gasteiger partial charge on any atom is 0.322 e. The molecule has 3 rings (SSSR count). The molecule has 0 aliphatic carbocycles. The number of benzene rings is 2. The molecule has 0 spiro atoms. The predicted octanol–water partition coefficient (Wildman–Crippen LogP) is 3.44. The van der Waals surface area contributed by atoms with E-state index in [-0.39, 0.29) is 28.1 Å². The Labute approximate surface area is 154 Å². The molecule has 0 saturated heterocycles. The average Bonchev–Trinajstić information content (AvgIpc) is 3.10. The smallest absolute Gasteiger partial charge is 0.322 e. The van der Waals surface area contributed by atoms with Gasteiger partial charge in [-0.05, 0) is 30.3 Å². The van der Waals surface area contributed by atoms with E-state index in [1.165, 1.54) is 31.2 Å². The Kier molecular flexibility index (Phi) is 5.06. The number of hydrogen-bond donors (Lipinski definition) is 1. The standard InChI is InChI=1S/C17H14ClN3O4S/c1-2-26(23,24)12-7-5-6-11(10-12)15(22)19-17-21-20-16(25-17)13-8-3-4-9-14(13)18/h3-10H,2H2,1H3,(H,19,21,22). The van der Waals surface area contributed by atoms with E-state index in [1.54, 1.807) is 24.3 Å². The van der Waals surface area contributed by atoms with Gasteiger partial charge in [-0.15, -0.1) is 5.10 Å². The lowest BCUT2D eigenvalue weighted by molar-refractivity contribution is 0.102. The van der Waals surface area contributed by atoms with Gasteiger partial charge in [0.2, 0.25) is 0 Å². The van der Waals surface area contributed by atoms with Crippen molar-refractivity contribution >= 4 is 33.4 Å². The van der Waals surface area contributed by atoms with Crippen LogP contribution in [-0.2, 0) is 9.84 Å². The number of carbonyl (C=O) groups excluding carboxylic acids is 1. The second-order valence-electron chi connectivity index (χ2n) is 5.28. The molecular formula is C17H14ClN3O4S. The third kappa shape index (κ3) is 3.76. The van der Waals surface area contributed by atoms with Gasteiger partial charge < -0.3 is 4.42 Å². The van der Waals surface area contributed by atoms with Crippen LogP contribution in [0.25, 0.3) is 11.5 Å². The van der Waals surface area contributed by atoms with Crippen molar-refractivity contribution in [3.8, 4) is 11.5 Å². The fraction of sp³-hybridized carbons (Fsp3) is 0.118. The highest BCUT2D eigenvalue weighted by Crippen LogP contribution is 2.27. The minimum absolute atomic E-state index is 0.0527. The molecule has 134 valence electrons. The number of aromatic nitrogens is 2. The topological polar surface area (TPSA) is 102 Å². The predicted molar refractivity (Wildman–Crippen MR) is 96.9 cm³/mol. The number of rotatable bonds is 5. The van der Waals surface area contributed by atoms with Gasteiger partial charge in [0.1, 0.15) is 0 Å². The number of anilines is 1. The summed E-state index contributed by atoms with van der Waals surface area (Å²) in [5, 5.41) is 10.5. The number of sulfone groups is 1. The first kappa shape index (κ1) is 18.1. The number of nitrogens with one attached hydrogen (secondary N) is 1. The molecule has 9 heteroatoms. The molecule has 3 aromatic rings. The number of nitrogens with zero attached hydrogens (tertiary/aromatic N) is 2. The van der Waals surface area contributed by atoms with E-state index in [9.17, 15) is 13.2 Å². The molecule has 0 bridgehead atoms. The van der Waals surface area contributed by atoms with E-state index in [1.807, 2.05) is 0 Å². The Hall–Kier alpha value is -2.71. The zero-order chi connectivity index (χ0) is 18.7. The van der Waals surface area contributed by atoms with Crippen molar-refractivity contribution in [2.45, 2.75) is 11.8 Å². The fourth-order valence-corrected chi connectivity index (χ4v) is 3.33. The molecule has 2 aromatic carbocycles. The molecule has 0 radical (unpaired) electrons. The van der Waals surface area contributed by atoms with Crippen LogP contribution in [0.4, 0.5) is 6.01 Å². The highest BCUT2D eigenvalue weighted by atomic mass is 35.5. The molecule has 7 nitrogen and oxygen atoms in total. The van der Waals surface area contributed by atoms with Crippen LogP contribution in [0.15, 0.2) is 57.8 Å². The van der Waals surface area contributed by atoms with Gasteiger partial charge in [-0.2, -0.15) is 0 Å². The van der Waals surface area contributed by atoms with Gasteiger partial charge in [0.15, 0.2) is 9.84 Å². The number of carbonyl (C=O) groups is 1. The second kappa shape index (κ2) is 7.27. The molecule has 1 amide bonds. The molecule has 26 heavy (non-hydrogen) atoms. The minimum Gasteiger partial charge on any atom is -0.403 e. The number of amides is 1. The van der Waals surface area contributed by atoms with Crippen LogP contribution in [0.2, 0.25) is 5.02 Å². The first-order chi connectivity index (χ1) is 12.4. The van der Waals surface area contributed by atoms with Crippen LogP contribution >= 0.6 is 11.6 Å². The minimum atomic E-state index is -3.41. The normalized spacial score (nSPS) is 11.3. The fourth-order valence-electron chi connectivity index (χ4n) is 2.18. The summed E-state index contributed by atoms with van der Waals surface area (Å²) in [6.45, 7) is 1.54. The summed E-state index contributed by atoms with van der Waals surface area (Å²) in [7, 11) is -3.41. The Bertz CT molecular complexity index is 1060. The van der Waals surface area contributed by atoms with Gasteiger partial charge in [-0.3, -0.25) is 10.1 Å². The Morgan fingerprint density at radius 3 is 2.65 bits per heavy atom. The highest BCUT2D eigenvalue weighted by Gasteiger charge is 2.17. The number of halogens is 1. The third-order valence-electron chi connectivity index (χ3n) is 3.59. The van der Waals surface area contributed by atoms with Crippen LogP contribution in [-0.4, -0.2) is 30.3 Å². The molecule has 1 N–H and O–H groups in total. The van der Waals surface area contributed by atoms with E-state index >= 15 is 0 Å². The molecule has 0 fully saturated rings. The zero-order valence-corrected chi connectivity index (χ0v) is 15.2. The third-order valence-corrected chi connectivity index (χ3v) is 5.65. The lowest BCUT2D eigenvalue weighted by Gasteiger charge is -2.04. The van der Waals surface area contributed by atoms with E-state index in [0.717, 1.165) is 0 Å². The van der Waals surface area contributed by atoms with Gasteiger partial charge >= 0.3 is 6.01 Å². The van der Waals surface area contributed by atoms with Crippen LogP contribution < -0.4 is 5.32 Å². The summed E-state index contributed by atoms with van der Waals surface area (Å²) >= 11 is 6.07. The van der Waals surface area contributed by atoms with Crippen molar-refractivity contribution in [3.63, 3.8) is 0 Å². The van der Waals surface area contributed by atoms with E-state index in [4.69, 9.17) is 16.0 Å². The van der Waals surface area contributed by atoms with Crippen LogP contribution in [0.3, 0.4) is 0 Å². The Morgan fingerprint density at radius 1 is 1.15 bits per heavy atom. The second-order valence-corrected chi connectivity index (χ2v) is 7.96. The van der Waals surface area contributed by atoms with Crippen molar-refractivity contribution in [2.75, 3.05) is 11.1 Å². The lowest BCUT2D eigenvalue weighted by atomic mass is 10.2. The molecule has 0 unspecified atom stereocenters. The van der Waals surface area contributed by atoms with Gasteiger partial charge in [0.25, 0.3) is 11.8 Å². The summed E-state index contributed by atoms with van der Waals surface area (Å²) in [5.41, 5.74) is 0.704. The quantitative estimate of drug-likeness (QED) is 0.714. The maximum absolute atomic E-state index is 12.3. The molecule has 1 heterocycles. The van der Waals surface area contributed by atoms with Crippen molar-refractivity contribution < 1.29 is 17.6 Å². The Morgan fingerprint density at radius 2 is 1.92 bits per heavy atom. The summed E-state index contributed by atoms with van der Waals surface area (Å²) in [6.07, 6.45) is 0. The van der Waals surface area contributed by atoms with E-state index < -0.39 is 15.7 Å². The van der Waals surface area contributed by atoms with E-state index in [0.29, 0.717) is 10.6 Å². The first-order valence-corrected chi connectivity index (χ1v) is 9.66. The van der Waals surface area contributed by atoms with Gasteiger partial charge in [-0.1, -0.05) is 41.8 Å². The van der Waals surface area contributed by atoms with Gasteiger partial charge in [0, 0.05) is 5.56 Å². The van der Waals surface area contributed by atoms with E-state index in [2.05, 4.69) is 15.5 Å². The number of hydrogen-bond acceptors (Lipinski definition) is 6. The molecule has 0 aliphatic heterocycles. The molecule has 1 aromatic heterocycles. The van der Waals surface area contributed by atoms with Crippen molar-refractivity contribution in [1.82, 2.24) is 10.2 Å². The molecular weight excluding hydrogens is 378 g/mol. The summed E-state index contributed by atoms with van der Waals surface area (Å²) in [4.78, 5) is 12.4. The molecule has 0 saturated carbocycles. The highest BCUT2D eigenvalue weighted by molar-refractivity contribution is 7.91. The summed E-state index contributed by atoms with van der Waals surface area (Å²) in [6, 6.07) is 12.5. The van der Waals surface area contributed by atoms with Crippen molar-refractivity contribution in [1.29, 1.82) is 0 Å². The lowest BCUT2D eigenvalue weighted by Crippen LogP contribution is -2.13. The summed E-state index contributed by atoms with van der Waals surface area (Å²) < 4.78 is 29.3. The molecule has 0 aliphatic rings. The van der Waals surface area contributed by atoms with Crippen molar-refractivity contribution in [3.05, 3.63) is 59.1 Å². The SMILES string of the molecule is CCS(=O)(=O)c1cccc(C(=O)Nc2nnc(-c3ccccc3Cl)o2)c1.